The third-order valence-corrected chi connectivity index (χ3v) is 5.17. The van der Waals surface area contributed by atoms with E-state index in [2.05, 4.69) is 15.6 Å². The number of amides is 1. The summed E-state index contributed by atoms with van der Waals surface area (Å²) in [6, 6.07) is 17.6. The Morgan fingerprint density at radius 2 is 1.88 bits per heavy atom. The second-order valence-corrected chi connectivity index (χ2v) is 7.47. The molecule has 1 amide bonds. The van der Waals surface area contributed by atoms with Gasteiger partial charge in [-0.3, -0.25) is 10.1 Å². The number of rotatable bonds is 5. The smallest absolute Gasteiger partial charge is 0.261 e. The third-order valence-electron chi connectivity index (χ3n) is 4.64. The molecule has 0 aliphatic carbocycles. The van der Waals surface area contributed by atoms with Crippen molar-refractivity contribution < 1.29 is 18.7 Å². The molecule has 0 spiro atoms. The van der Waals surface area contributed by atoms with Gasteiger partial charge in [0.2, 0.25) is 5.89 Å². The highest BCUT2D eigenvalue weighted by Gasteiger charge is 2.16. The van der Waals surface area contributed by atoms with Crippen LogP contribution in [-0.2, 0) is 0 Å². The molecule has 162 valence electrons. The maximum absolute atomic E-state index is 12.7. The topological polar surface area (TPSA) is 85.6 Å². The van der Waals surface area contributed by atoms with Gasteiger partial charge in [-0.15, -0.1) is 0 Å². The van der Waals surface area contributed by atoms with Crippen LogP contribution in [0.1, 0.15) is 10.4 Å². The molecule has 0 unspecified atom stereocenters. The molecular weight excluding hydrogens is 450 g/mol. The van der Waals surface area contributed by atoms with Crippen LogP contribution in [0.2, 0.25) is 5.02 Å². The number of hydrogen-bond acceptors (Lipinski definition) is 6. The van der Waals surface area contributed by atoms with Gasteiger partial charge in [0.15, 0.2) is 10.7 Å². The molecule has 1 heterocycles. The number of nitrogens with zero attached hydrogens (tertiary/aromatic N) is 1. The van der Waals surface area contributed by atoms with Crippen molar-refractivity contribution in [3.63, 3.8) is 0 Å². The molecule has 0 bridgehead atoms. The molecule has 1 aromatic heterocycles. The summed E-state index contributed by atoms with van der Waals surface area (Å²) in [6.45, 7) is 0. The molecule has 0 radical (unpaired) electrons. The van der Waals surface area contributed by atoms with Gasteiger partial charge in [0.1, 0.15) is 17.0 Å². The van der Waals surface area contributed by atoms with Gasteiger partial charge in [-0.2, -0.15) is 0 Å². The number of thiocarbonyl (C=S) groups is 1. The molecule has 3 aromatic carbocycles. The second kappa shape index (κ2) is 9.25. The zero-order valence-electron chi connectivity index (χ0n) is 17.1. The Labute approximate surface area is 194 Å². The van der Waals surface area contributed by atoms with Crippen molar-refractivity contribution in [2.24, 2.45) is 0 Å². The van der Waals surface area contributed by atoms with Gasteiger partial charge in [-0.1, -0.05) is 23.7 Å². The summed E-state index contributed by atoms with van der Waals surface area (Å²) in [5.41, 5.74) is 2.95. The number of carbonyl (C=O) groups excluding carboxylic acids is 1. The van der Waals surface area contributed by atoms with Gasteiger partial charge < -0.3 is 19.2 Å². The average molecular weight is 468 g/mol. The summed E-state index contributed by atoms with van der Waals surface area (Å²) in [6.07, 6.45) is 0. The van der Waals surface area contributed by atoms with Gasteiger partial charge in [-0.05, 0) is 54.7 Å². The second-order valence-electron chi connectivity index (χ2n) is 6.66. The Hall–Kier alpha value is -3.62. The molecule has 0 aliphatic rings. The zero-order valence-corrected chi connectivity index (χ0v) is 18.7. The minimum Gasteiger partial charge on any atom is -0.497 e. The number of anilines is 1. The van der Waals surface area contributed by atoms with Crippen molar-refractivity contribution in [2.45, 2.75) is 0 Å². The fourth-order valence-electron chi connectivity index (χ4n) is 3.06. The summed E-state index contributed by atoms with van der Waals surface area (Å²) in [5, 5.41) is 6.07. The van der Waals surface area contributed by atoms with Crippen molar-refractivity contribution in [3.05, 3.63) is 71.2 Å². The molecular formula is C23H18ClN3O4S. The summed E-state index contributed by atoms with van der Waals surface area (Å²) >= 11 is 11.6. The number of hydrogen-bond donors (Lipinski definition) is 2. The standard InChI is InChI=1S/C23H18ClN3O4S/c1-29-14-8-9-15(20(12-14)30-2)21(28)27-23(32)26-18-11-13(7-10-16(18)24)22-25-17-5-3-4-6-19(17)31-22/h3-12H,1-2H3,(H2,26,27,28,32). The van der Waals surface area contributed by atoms with E-state index in [9.17, 15) is 4.79 Å². The third kappa shape index (κ3) is 4.51. The monoisotopic (exact) mass is 467 g/mol. The first-order valence-electron chi connectivity index (χ1n) is 9.48. The Morgan fingerprint density at radius 1 is 1.06 bits per heavy atom. The Balaban J connectivity index is 1.52. The Morgan fingerprint density at radius 3 is 2.62 bits per heavy atom. The fourth-order valence-corrected chi connectivity index (χ4v) is 3.43. The first kappa shape index (κ1) is 21.6. The van der Waals surface area contributed by atoms with Crippen LogP contribution in [0, 0.1) is 0 Å². The van der Waals surface area contributed by atoms with Crippen molar-refractivity contribution >= 4 is 51.6 Å². The molecule has 0 fully saturated rings. The van der Waals surface area contributed by atoms with E-state index in [0.29, 0.717) is 44.8 Å². The number of carbonyl (C=O) groups is 1. The maximum Gasteiger partial charge on any atom is 0.261 e. The summed E-state index contributed by atoms with van der Waals surface area (Å²) in [4.78, 5) is 17.2. The number of fused-ring (bicyclic) bond motifs is 1. The number of benzene rings is 3. The number of oxazole rings is 1. The van der Waals surface area contributed by atoms with Crippen molar-refractivity contribution in [2.75, 3.05) is 19.5 Å². The average Bonchev–Trinajstić information content (AvgIpc) is 3.24. The van der Waals surface area contributed by atoms with E-state index in [-0.39, 0.29) is 5.11 Å². The molecule has 0 saturated carbocycles. The van der Waals surface area contributed by atoms with Crippen LogP contribution in [0.5, 0.6) is 11.5 Å². The highest BCUT2D eigenvalue weighted by Crippen LogP contribution is 2.30. The first-order valence-corrected chi connectivity index (χ1v) is 10.3. The van der Waals surface area contributed by atoms with E-state index < -0.39 is 5.91 Å². The van der Waals surface area contributed by atoms with Crippen LogP contribution in [0.15, 0.2) is 65.1 Å². The Bertz CT molecular complexity index is 1290. The van der Waals surface area contributed by atoms with Crippen molar-refractivity contribution in [1.82, 2.24) is 10.3 Å². The summed E-state index contributed by atoms with van der Waals surface area (Å²) < 4.78 is 16.2. The molecule has 0 atom stereocenters. The first-order chi connectivity index (χ1) is 15.5. The van der Waals surface area contributed by atoms with Gasteiger partial charge >= 0.3 is 0 Å². The molecule has 9 heteroatoms. The predicted octanol–water partition coefficient (Wildman–Crippen LogP) is 5.29. The number of methoxy groups -OCH3 is 2. The summed E-state index contributed by atoms with van der Waals surface area (Å²) in [5.74, 6) is 0.944. The van der Waals surface area contributed by atoms with Crippen LogP contribution >= 0.6 is 23.8 Å². The normalized spacial score (nSPS) is 10.6. The molecule has 32 heavy (non-hydrogen) atoms. The highest BCUT2D eigenvalue weighted by atomic mass is 35.5. The van der Waals surface area contributed by atoms with E-state index in [0.717, 1.165) is 5.52 Å². The number of aromatic nitrogens is 1. The number of ether oxygens (including phenoxy) is 2. The fraction of sp³-hybridized carbons (Fsp3) is 0.0870. The minimum atomic E-state index is -0.437. The van der Waals surface area contributed by atoms with Gasteiger partial charge in [-0.25, -0.2) is 4.98 Å². The van der Waals surface area contributed by atoms with E-state index in [1.54, 1.807) is 36.4 Å². The number of para-hydroxylation sites is 2. The largest absolute Gasteiger partial charge is 0.497 e. The predicted molar refractivity (Wildman–Crippen MR) is 128 cm³/mol. The van der Waals surface area contributed by atoms with Gasteiger partial charge in [0.25, 0.3) is 5.91 Å². The molecule has 4 aromatic rings. The van der Waals surface area contributed by atoms with E-state index in [1.807, 2.05) is 24.3 Å². The van der Waals surface area contributed by atoms with Crippen molar-refractivity contribution in [1.29, 1.82) is 0 Å². The van der Waals surface area contributed by atoms with Crippen LogP contribution < -0.4 is 20.1 Å². The lowest BCUT2D eigenvalue weighted by molar-refractivity contribution is 0.0974. The Kier molecular flexibility index (Phi) is 6.25. The number of nitrogens with one attached hydrogen (secondary N) is 2. The maximum atomic E-state index is 12.7. The van der Waals surface area contributed by atoms with Crippen LogP contribution in [0.3, 0.4) is 0 Å². The van der Waals surface area contributed by atoms with Crippen LogP contribution in [0.4, 0.5) is 5.69 Å². The molecule has 0 saturated heterocycles. The summed E-state index contributed by atoms with van der Waals surface area (Å²) in [7, 11) is 3.01. The lowest BCUT2D eigenvalue weighted by atomic mass is 10.1. The van der Waals surface area contributed by atoms with E-state index in [1.165, 1.54) is 14.2 Å². The van der Waals surface area contributed by atoms with E-state index >= 15 is 0 Å². The molecule has 4 rings (SSSR count). The molecule has 2 N–H and O–H groups in total. The molecule has 0 aliphatic heterocycles. The molecule has 7 nitrogen and oxygen atoms in total. The van der Waals surface area contributed by atoms with Crippen LogP contribution in [-0.4, -0.2) is 30.2 Å². The van der Waals surface area contributed by atoms with E-state index in [4.69, 9.17) is 37.7 Å². The lowest BCUT2D eigenvalue weighted by Crippen LogP contribution is -2.34. The minimum absolute atomic E-state index is 0.0736. The number of halogens is 1. The van der Waals surface area contributed by atoms with Gasteiger partial charge in [0.05, 0.1) is 30.5 Å². The zero-order chi connectivity index (χ0) is 22.7. The highest BCUT2D eigenvalue weighted by molar-refractivity contribution is 7.80. The SMILES string of the molecule is COc1ccc(C(=O)NC(=S)Nc2cc(-c3nc4ccccc4o3)ccc2Cl)c(OC)c1. The van der Waals surface area contributed by atoms with Crippen LogP contribution in [0.25, 0.3) is 22.6 Å². The quantitative estimate of drug-likeness (QED) is 0.385. The van der Waals surface area contributed by atoms with Crippen molar-refractivity contribution in [3.8, 4) is 23.0 Å². The lowest BCUT2D eigenvalue weighted by Gasteiger charge is -2.13. The van der Waals surface area contributed by atoms with Gasteiger partial charge in [0, 0.05) is 11.6 Å².